The number of nitrogens with zero attached hydrogens (tertiary/aromatic N) is 2. The maximum atomic E-state index is 12.3. The molecule has 4 atom stereocenters. The fraction of sp³-hybridized carbons (Fsp3) is 0.778. The highest BCUT2D eigenvalue weighted by Gasteiger charge is 2.49. The molecule has 0 bridgehead atoms. The first-order valence-electron chi connectivity index (χ1n) is 8.76. The average molecular weight is 369 g/mol. The number of hydrogen-bond acceptors (Lipinski definition) is 7. The van der Waals surface area contributed by atoms with E-state index in [1.807, 2.05) is 41.5 Å². The summed E-state index contributed by atoms with van der Waals surface area (Å²) < 4.78 is 25.3. The Bertz CT molecular complexity index is 662. The van der Waals surface area contributed by atoms with Crippen LogP contribution in [-0.4, -0.2) is 52.8 Å². The van der Waals surface area contributed by atoms with Crippen LogP contribution in [0.4, 0.5) is 5.82 Å². The molecular weight excluding hydrogens is 338 g/mol. The van der Waals surface area contributed by atoms with Crippen LogP contribution in [0.1, 0.15) is 47.8 Å². The van der Waals surface area contributed by atoms with Gasteiger partial charge in [0.1, 0.15) is 24.1 Å². The van der Waals surface area contributed by atoms with E-state index in [4.69, 9.17) is 24.7 Å². The molecule has 2 N–H and O–H groups in total. The zero-order chi connectivity index (χ0) is 19.7. The first-order chi connectivity index (χ1) is 11.9. The van der Waals surface area contributed by atoms with Crippen LogP contribution in [0.3, 0.4) is 0 Å². The molecule has 1 saturated heterocycles. The average Bonchev–Trinajstić information content (AvgIpc) is 2.80. The molecule has 148 valence electrons. The molecule has 8 nitrogen and oxygen atoms in total. The Balaban J connectivity index is 2.33. The van der Waals surface area contributed by atoms with Crippen molar-refractivity contribution in [3.05, 3.63) is 22.7 Å². The second kappa shape index (κ2) is 7.64. The van der Waals surface area contributed by atoms with Crippen LogP contribution < -0.4 is 11.4 Å². The van der Waals surface area contributed by atoms with Crippen molar-refractivity contribution in [2.45, 2.75) is 77.3 Å². The maximum absolute atomic E-state index is 12.3. The summed E-state index contributed by atoms with van der Waals surface area (Å²) in [6, 6.07) is 1.55. The number of ether oxygens (including phenoxy) is 4. The van der Waals surface area contributed by atoms with Crippen LogP contribution in [0.25, 0.3) is 0 Å². The third-order valence-corrected chi connectivity index (χ3v) is 3.85. The van der Waals surface area contributed by atoms with E-state index in [0.29, 0.717) is 6.61 Å². The fourth-order valence-electron chi connectivity index (χ4n) is 2.82. The van der Waals surface area contributed by atoms with Crippen LogP contribution in [0.5, 0.6) is 0 Å². The number of nitrogen functional groups attached to an aromatic ring is 1. The highest BCUT2D eigenvalue weighted by Crippen LogP contribution is 2.35. The van der Waals surface area contributed by atoms with Crippen LogP contribution in [-0.2, 0) is 18.9 Å². The van der Waals surface area contributed by atoms with Crippen molar-refractivity contribution in [1.29, 1.82) is 0 Å². The molecule has 8 heteroatoms. The van der Waals surface area contributed by atoms with Gasteiger partial charge in [0.2, 0.25) is 0 Å². The van der Waals surface area contributed by atoms with Crippen LogP contribution >= 0.6 is 0 Å². The number of methoxy groups -OCH3 is 1. The first kappa shape index (κ1) is 20.8. The van der Waals surface area contributed by atoms with Crippen molar-refractivity contribution < 1.29 is 18.9 Å². The molecular formula is C18H31N3O5. The lowest BCUT2D eigenvalue weighted by molar-refractivity contribution is -0.140. The van der Waals surface area contributed by atoms with Gasteiger partial charge in [-0.05, 0) is 47.6 Å². The van der Waals surface area contributed by atoms with Gasteiger partial charge in [0.05, 0.1) is 17.8 Å². The summed E-state index contributed by atoms with van der Waals surface area (Å²) >= 11 is 0. The van der Waals surface area contributed by atoms with Crippen molar-refractivity contribution >= 4 is 5.82 Å². The van der Waals surface area contributed by atoms with E-state index in [0.717, 1.165) is 0 Å². The van der Waals surface area contributed by atoms with E-state index >= 15 is 0 Å². The summed E-state index contributed by atoms with van der Waals surface area (Å²) in [5.41, 5.74) is 4.35. The largest absolute Gasteiger partial charge is 0.383 e. The number of nitrogens with two attached hydrogens (primary N) is 1. The second-order valence-electron chi connectivity index (χ2n) is 8.43. The lowest BCUT2D eigenvalue weighted by atomic mass is 10.1. The summed E-state index contributed by atoms with van der Waals surface area (Å²) in [5.74, 6) is 0.160. The van der Waals surface area contributed by atoms with E-state index in [-0.39, 0.29) is 11.4 Å². The molecule has 1 aromatic rings. The quantitative estimate of drug-likeness (QED) is 0.844. The van der Waals surface area contributed by atoms with Crippen molar-refractivity contribution in [2.24, 2.45) is 0 Å². The van der Waals surface area contributed by atoms with Gasteiger partial charge >= 0.3 is 5.69 Å². The standard InChI is InChI=1S/C18H31N3O5/c1-17(2,3)24-10-11-13(26-18(4,5)6)14(23-7)15(25-11)21-9-8-12(19)20-16(21)22/h8-9,11,13-15H,10H2,1-7H3,(H2,19,20,22)/t11-,13+,14?,15-/m1/s1. The van der Waals surface area contributed by atoms with Gasteiger partial charge in [0.25, 0.3) is 0 Å². The smallest absolute Gasteiger partial charge is 0.351 e. The number of aromatic nitrogens is 2. The van der Waals surface area contributed by atoms with Crippen molar-refractivity contribution in [3.63, 3.8) is 0 Å². The zero-order valence-electron chi connectivity index (χ0n) is 16.7. The molecule has 26 heavy (non-hydrogen) atoms. The van der Waals surface area contributed by atoms with Crippen molar-refractivity contribution in [1.82, 2.24) is 9.55 Å². The molecule has 0 aliphatic carbocycles. The van der Waals surface area contributed by atoms with Gasteiger partial charge in [-0.2, -0.15) is 4.98 Å². The Morgan fingerprint density at radius 3 is 2.35 bits per heavy atom. The summed E-state index contributed by atoms with van der Waals surface area (Å²) in [4.78, 5) is 16.0. The Labute approximate surface area is 154 Å². The highest BCUT2D eigenvalue weighted by atomic mass is 16.6. The van der Waals surface area contributed by atoms with Gasteiger partial charge in [-0.15, -0.1) is 0 Å². The molecule has 2 rings (SSSR count). The monoisotopic (exact) mass is 369 g/mol. The van der Waals surface area contributed by atoms with Gasteiger partial charge in [-0.1, -0.05) is 0 Å². The van der Waals surface area contributed by atoms with Gasteiger partial charge in [-0.25, -0.2) is 4.79 Å². The van der Waals surface area contributed by atoms with E-state index in [2.05, 4.69) is 4.98 Å². The normalized spacial score (nSPS) is 27.0. The fourth-order valence-corrected chi connectivity index (χ4v) is 2.82. The molecule has 1 aliphatic heterocycles. The van der Waals surface area contributed by atoms with E-state index in [1.165, 1.54) is 4.57 Å². The molecule has 1 aliphatic rings. The van der Waals surface area contributed by atoms with Crippen molar-refractivity contribution in [2.75, 3.05) is 19.5 Å². The predicted octanol–water partition coefficient (Wildman–Crippen LogP) is 1.74. The Morgan fingerprint density at radius 1 is 1.19 bits per heavy atom. The molecule has 0 saturated carbocycles. The Kier molecular flexibility index (Phi) is 6.12. The third-order valence-electron chi connectivity index (χ3n) is 3.85. The Hall–Kier alpha value is -1.48. The number of rotatable bonds is 5. The predicted molar refractivity (Wildman–Crippen MR) is 97.9 cm³/mol. The molecule has 0 aromatic carbocycles. The summed E-state index contributed by atoms with van der Waals surface area (Å²) in [6.45, 7) is 12.1. The van der Waals surface area contributed by atoms with Gasteiger partial charge in [-0.3, -0.25) is 4.57 Å². The molecule has 1 aromatic heterocycles. The first-order valence-corrected chi connectivity index (χ1v) is 8.76. The van der Waals surface area contributed by atoms with Gasteiger partial charge < -0.3 is 24.7 Å². The van der Waals surface area contributed by atoms with Crippen LogP contribution in [0, 0.1) is 0 Å². The van der Waals surface area contributed by atoms with Gasteiger partial charge in [0, 0.05) is 13.3 Å². The van der Waals surface area contributed by atoms with E-state index in [9.17, 15) is 4.79 Å². The topological polar surface area (TPSA) is 97.8 Å². The maximum Gasteiger partial charge on any atom is 0.351 e. The summed E-state index contributed by atoms with van der Waals surface area (Å²) in [7, 11) is 1.57. The SMILES string of the molecule is COC1[C@@H](OC(C)(C)C)[C@@H](COC(C)(C)C)O[C@H]1n1ccc(N)nc1=O. The summed E-state index contributed by atoms with van der Waals surface area (Å²) in [6.07, 6.45) is -0.417. The minimum Gasteiger partial charge on any atom is -0.383 e. The lowest BCUT2D eigenvalue weighted by Gasteiger charge is -2.31. The van der Waals surface area contributed by atoms with Crippen LogP contribution in [0.15, 0.2) is 17.1 Å². The highest BCUT2D eigenvalue weighted by molar-refractivity contribution is 5.23. The second-order valence-corrected chi connectivity index (χ2v) is 8.43. The minimum absolute atomic E-state index is 0.160. The van der Waals surface area contributed by atoms with E-state index < -0.39 is 35.8 Å². The van der Waals surface area contributed by atoms with Crippen molar-refractivity contribution in [3.8, 4) is 0 Å². The molecule has 1 unspecified atom stereocenters. The number of hydrogen-bond donors (Lipinski definition) is 1. The van der Waals surface area contributed by atoms with Gasteiger partial charge in [0.15, 0.2) is 6.23 Å². The third kappa shape index (κ3) is 5.26. The minimum atomic E-state index is -0.679. The summed E-state index contributed by atoms with van der Waals surface area (Å²) in [5, 5.41) is 0. The molecule has 1 fully saturated rings. The van der Waals surface area contributed by atoms with Crippen LogP contribution in [0.2, 0.25) is 0 Å². The molecule has 2 heterocycles. The molecule has 0 amide bonds. The zero-order valence-corrected chi connectivity index (χ0v) is 16.7. The molecule has 0 spiro atoms. The molecule has 0 radical (unpaired) electrons. The number of anilines is 1. The van der Waals surface area contributed by atoms with E-state index in [1.54, 1.807) is 19.4 Å². The lowest BCUT2D eigenvalue weighted by Crippen LogP contribution is -2.44. The Morgan fingerprint density at radius 2 is 1.85 bits per heavy atom.